The SMILES string of the molecule is OCC(F)(F)CN1CCc2cc3c(cc2C1c1ncc(NC2CCN(CCCF)C2)cc1F)OCO3. The van der Waals surface area contributed by atoms with Crippen LogP contribution in [0.25, 0.3) is 0 Å². The van der Waals surface area contributed by atoms with Gasteiger partial charge in [0.1, 0.15) is 12.4 Å². The molecule has 5 rings (SSSR count). The summed E-state index contributed by atoms with van der Waals surface area (Å²) < 4.78 is 67.4. The summed E-state index contributed by atoms with van der Waals surface area (Å²) in [6.07, 6.45) is 3.33. The highest BCUT2D eigenvalue weighted by Gasteiger charge is 2.40. The van der Waals surface area contributed by atoms with Crippen molar-refractivity contribution in [2.75, 3.05) is 58.1 Å². The molecule has 0 spiro atoms. The molecule has 0 saturated carbocycles. The minimum absolute atomic E-state index is 0.0325. The fourth-order valence-corrected chi connectivity index (χ4v) is 5.30. The summed E-state index contributed by atoms with van der Waals surface area (Å²) in [4.78, 5) is 8.01. The number of halogens is 4. The number of fused-ring (bicyclic) bond motifs is 2. The predicted molar refractivity (Wildman–Crippen MR) is 125 cm³/mol. The van der Waals surface area contributed by atoms with Gasteiger partial charge in [0.25, 0.3) is 5.92 Å². The Hall–Kier alpha value is -2.63. The van der Waals surface area contributed by atoms with Crippen LogP contribution in [0, 0.1) is 5.82 Å². The molecule has 36 heavy (non-hydrogen) atoms. The van der Waals surface area contributed by atoms with Gasteiger partial charge in [0, 0.05) is 38.3 Å². The highest BCUT2D eigenvalue weighted by Crippen LogP contribution is 2.43. The summed E-state index contributed by atoms with van der Waals surface area (Å²) in [5, 5.41) is 12.5. The van der Waals surface area contributed by atoms with E-state index in [1.165, 1.54) is 17.2 Å². The summed E-state index contributed by atoms with van der Waals surface area (Å²) in [7, 11) is 0. The molecule has 0 bridgehead atoms. The average molecular weight is 511 g/mol. The van der Waals surface area contributed by atoms with E-state index in [1.807, 2.05) is 6.07 Å². The first-order valence-electron chi connectivity index (χ1n) is 12.2. The van der Waals surface area contributed by atoms with Crippen LogP contribution in [0.4, 0.5) is 23.2 Å². The van der Waals surface area contributed by atoms with Gasteiger partial charge in [-0.1, -0.05) is 0 Å². The van der Waals surface area contributed by atoms with Crippen molar-refractivity contribution in [2.45, 2.75) is 37.3 Å². The van der Waals surface area contributed by atoms with E-state index >= 15 is 4.39 Å². The molecule has 1 aromatic carbocycles. The molecular weight excluding hydrogens is 480 g/mol. The maximum Gasteiger partial charge on any atom is 0.283 e. The molecule has 0 radical (unpaired) electrons. The number of anilines is 1. The second kappa shape index (κ2) is 10.4. The van der Waals surface area contributed by atoms with Gasteiger partial charge < -0.3 is 24.8 Å². The quantitative estimate of drug-likeness (QED) is 0.502. The molecule has 0 aliphatic carbocycles. The molecule has 1 aromatic heterocycles. The van der Waals surface area contributed by atoms with E-state index in [1.54, 1.807) is 6.07 Å². The first kappa shape index (κ1) is 25.0. The van der Waals surface area contributed by atoms with Crippen molar-refractivity contribution in [1.82, 2.24) is 14.8 Å². The zero-order valence-electron chi connectivity index (χ0n) is 19.9. The van der Waals surface area contributed by atoms with Crippen molar-refractivity contribution in [1.29, 1.82) is 0 Å². The Morgan fingerprint density at radius 2 is 1.97 bits per heavy atom. The lowest BCUT2D eigenvalue weighted by molar-refractivity contribution is -0.0790. The van der Waals surface area contributed by atoms with Crippen molar-refractivity contribution < 1.29 is 32.1 Å². The van der Waals surface area contributed by atoms with E-state index in [0.717, 1.165) is 25.1 Å². The van der Waals surface area contributed by atoms with E-state index < -0.39 is 30.9 Å². The van der Waals surface area contributed by atoms with E-state index in [0.29, 0.717) is 42.1 Å². The Labute approximate surface area is 207 Å². The molecule has 2 unspecified atom stereocenters. The van der Waals surface area contributed by atoms with Crippen LogP contribution in [0.5, 0.6) is 11.5 Å². The van der Waals surface area contributed by atoms with Gasteiger partial charge in [0.05, 0.1) is 36.8 Å². The maximum absolute atomic E-state index is 15.5. The van der Waals surface area contributed by atoms with Gasteiger partial charge in [0.2, 0.25) is 6.79 Å². The second-order valence-corrected chi connectivity index (χ2v) is 9.61. The number of aliphatic hydroxyl groups is 1. The third kappa shape index (κ3) is 5.23. The van der Waals surface area contributed by atoms with Crippen molar-refractivity contribution >= 4 is 5.69 Å². The van der Waals surface area contributed by atoms with E-state index in [2.05, 4.69) is 15.2 Å². The molecule has 7 nitrogen and oxygen atoms in total. The molecule has 1 fully saturated rings. The molecule has 4 heterocycles. The van der Waals surface area contributed by atoms with Crippen LogP contribution in [-0.2, 0) is 6.42 Å². The van der Waals surface area contributed by atoms with Gasteiger partial charge in [-0.2, -0.15) is 0 Å². The minimum atomic E-state index is -3.35. The predicted octanol–water partition coefficient (Wildman–Crippen LogP) is 3.37. The number of likely N-dealkylation sites (tertiary alicyclic amines) is 1. The first-order chi connectivity index (χ1) is 17.4. The Morgan fingerprint density at radius 3 is 2.72 bits per heavy atom. The van der Waals surface area contributed by atoms with Crippen LogP contribution in [0.1, 0.15) is 35.7 Å². The third-order valence-corrected chi connectivity index (χ3v) is 7.01. The third-order valence-electron chi connectivity index (χ3n) is 7.01. The van der Waals surface area contributed by atoms with Gasteiger partial charge in [0.15, 0.2) is 11.5 Å². The topological polar surface area (TPSA) is 70.1 Å². The number of aliphatic hydroxyl groups excluding tert-OH is 1. The van der Waals surface area contributed by atoms with Crippen molar-refractivity contribution in [3.63, 3.8) is 0 Å². The second-order valence-electron chi connectivity index (χ2n) is 9.61. The van der Waals surface area contributed by atoms with Crippen LogP contribution in [0.15, 0.2) is 24.4 Å². The first-order valence-corrected chi connectivity index (χ1v) is 12.2. The van der Waals surface area contributed by atoms with Gasteiger partial charge >= 0.3 is 0 Å². The largest absolute Gasteiger partial charge is 0.454 e. The lowest BCUT2D eigenvalue weighted by atomic mass is 9.89. The van der Waals surface area contributed by atoms with E-state index in [4.69, 9.17) is 14.6 Å². The molecule has 3 aliphatic heterocycles. The molecule has 2 atom stereocenters. The Balaban J connectivity index is 1.41. The van der Waals surface area contributed by atoms with E-state index in [9.17, 15) is 13.2 Å². The number of benzene rings is 1. The monoisotopic (exact) mass is 510 g/mol. The average Bonchev–Trinajstić information content (AvgIpc) is 3.50. The zero-order chi connectivity index (χ0) is 25.3. The molecule has 2 aromatic rings. The fraction of sp³-hybridized carbons (Fsp3) is 0.560. The van der Waals surface area contributed by atoms with Gasteiger partial charge in [-0.05, 0) is 42.5 Å². The van der Waals surface area contributed by atoms with Gasteiger partial charge in [-0.15, -0.1) is 0 Å². The molecule has 196 valence electrons. The number of ether oxygens (including phenoxy) is 2. The summed E-state index contributed by atoms with van der Waals surface area (Å²) in [5.74, 6) is -2.90. The zero-order valence-corrected chi connectivity index (χ0v) is 19.9. The Kier molecular flexibility index (Phi) is 7.23. The lowest BCUT2D eigenvalue weighted by Crippen LogP contribution is -2.45. The summed E-state index contributed by atoms with van der Waals surface area (Å²) >= 11 is 0. The van der Waals surface area contributed by atoms with Crippen LogP contribution < -0.4 is 14.8 Å². The van der Waals surface area contributed by atoms with Crippen molar-refractivity contribution in [3.05, 3.63) is 47.0 Å². The van der Waals surface area contributed by atoms with Crippen LogP contribution in [-0.4, -0.2) is 84.7 Å². The molecule has 0 amide bonds. The van der Waals surface area contributed by atoms with Crippen LogP contribution in [0.2, 0.25) is 0 Å². The standard InChI is InChI=1S/C25H30F4N4O3/c26-4-1-5-32-6-3-17(12-32)31-18-9-20(27)23(30-11-18)24-19-10-22-21(35-15-36-22)8-16(19)2-7-33(24)13-25(28,29)14-34/h8-11,17,24,31,34H,1-7,12-15H2. The number of nitrogens with zero attached hydrogens (tertiary/aromatic N) is 3. The number of alkyl halides is 3. The normalized spacial score (nSPS) is 22.1. The van der Waals surface area contributed by atoms with Crippen molar-refractivity contribution in [3.8, 4) is 11.5 Å². The lowest BCUT2D eigenvalue weighted by Gasteiger charge is -2.38. The van der Waals surface area contributed by atoms with Gasteiger partial charge in [-0.3, -0.25) is 14.3 Å². The molecule has 11 heteroatoms. The highest BCUT2D eigenvalue weighted by molar-refractivity contribution is 5.53. The van der Waals surface area contributed by atoms with Crippen LogP contribution in [0.3, 0.4) is 0 Å². The number of hydrogen-bond donors (Lipinski definition) is 2. The number of pyridine rings is 1. The van der Waals surface area contributed by atoms with Gasteiger partial charge in [-0.25, -0.2) is 13.2 Å². The summed E-state index contributed by atoms with van der Waals surface area (Å²) in [6, 6.07) is 4.08. The molecule has 3 aliphatic rings. The Bertz CT molecular complexity index is 1090. The smallest absolute Gasteiger partial charge is 0.283 e. The van der Waals surface area contributed by atoms with Crippen LogP contribution >= 0.6 is 0 Å². The fourth-order valence-electron chi connectivity index (χ4n) is 5.30. The molecular formula is C25H30F4N4O3. The number of aromatic nitrogens is 1. The summed E-state index contributed by atoms with van der Waals surface area (Å²) in [5.41, 5.74) is 2.02. The number of nitrogens with one attached hydrogen (secondary N) is 1. The minimum Gasteiger partial charge on any atom is -0.454 e. The highest BCUT2D eigenvalue weighted by atomic mass is 19.3. The number of rotatable bonds is 9. The Morgan fingerprint density at radius 1 is 1.17 bits per heavy atom. The summed E-state index contributed by atoms with van der Waals surface area (Å²) in [6.45, 7) is 0.185. The number of hydrogen-bond acceptors (Lipinski definition) is 7. The maximum atomic E-state index is 15.5. The van der Waals surface area contributed by atoms with E-state index in [-0.39, 0.29) is 31.7 Å². The van der Waals surface area contributed by atoms with Crippen molar-refractivity contribution in [2.24, 2.45) is 0 Å². The molecule has 1 saturated heterocycles. The molecule has 2 N–H and O–H groups in total.